The fourth-order valence-electron chi connectivity index (χ4n) is 2.55. The van der Waals surface area contributed by atoms with E-state index in [1.165, 1.54) is 13.8 Å². The number of carbonyl (C=O) groups is 2. The van der Waals surface area contributed by atoms with E-state index in [1.54, 1.807) is 0 Å². The van der Waals surface area contributed by atoms with Crippen LogP contribution in [0.1, 0.15) is 40.5 Å². The Bertz CT molecular complexity index is 876. The summed E-state index contributed by atoms with van der Waals surface area (Å²) in [6.07, 6.45) is -8.39. The highest BCUT2D eigenvalue weighted by molar-refractivity contribution is 5.77. The van der Waals surface area contributed by atoms with Crippen molar-refractivity contribution in [3.63, 3.8) is 0 Å². The number of rotatable bonds is 12. The minimum atomic E-state index is -8.42. The molecule has 0 aromatic rings. The van der Waals surface area contributed by atoms with Gasteiger partial charge in [0.05, 0.1) is 17.9 Å². The van der Waals surface area contributed by atoms with E-state index in [0.29, 0.717) is 0 Å². The number of hydrogen-bond acceptors (Lipinski definition) is 4. The molecule has 38 heavy (non-hydrogen) atoms. The summed E-state index contributed by atoms with van der Waals surface area (Å²) in [5.74, 6) is -50.3. The van der Waals surface area contributed by atoms with Crippen LogP contribution >= 0.6 is 0 Å². The smallest absolute Gasteiger partial charge is 0.460 e. The Morgan fingerprint density at radius 2 is 0.842 bits per heavy atom. The van der Waals surface area contributed by atoms with E-state index in [0.717, 1.165) is 21.0 Å². The van der Waals surface area contributed by atoms with Crippen molar-refractivity contribution in [2.75, 3.05) is 13.7 Å². The third kappa shape index (κ3) is 5.89. The third-order valence-electron chi connectivity index (χ3n) is 5.44. The van der Waals surface area contributed by atoms with Crippen LogP contribution in [0.5, 0.6) is 0 Å². The minimum Gasteiger partial charge on any atom is -0.469 e. The number of esters is 2. The summed E-state index contributed by atoms with van der Waals surface area (Å²) in [5.41, 5.74) is -3.26. The molecule has 0 saturated heterocycles. The summed E-state index contributed by atoms with van der Waals surface area (Å²) in [6, 6.07) is 0. The second-order valence-electron chi connectivity index (χ2n) is 9.41. The zero-order valence-electron chi connectivity index (χ0n) is 19.9. The summed E-state index contributed by atoms with van der Waals surface area (Å²) >= 11 is 0. The molecule has 0 rings (SSSR count). The molecule has 0 amide bonds. The lowest BCUT2D eigenvalue weighted by Crippen LogP contribution is -2.73. The fraction of sp³-hybridized carbons (Fsp3) is 0.895. The van der Waals surface area contributed by atoms with Crippen LogP contribution in [0.2, 0.25) is 0 Å². The number of hydrogen-bond donors (Lipinski definition) is 0. The molecular weight excluding hydrogens is 577 g/mol. The average Bonchev–Trinajstić information content (AvgIpc) is 2.73. The second kappa shape index (κ2) is 10.1. The Balaban J connectivity index is 6.01. The molecule has 0 aromatic carbocycles. The standard InChI is InChI=1S/C19H21F15O4/c1-11(2,9(35)37-5)6-7-12(3,4)10(36)38-8-13(20,21)14(22,23)15(24,25)16(26,27)17(28,29)18(30,31)19(32,33)34/h6-8H2,1-5H3. The number of halogens is 15. The van der Waals surface area contributed by atoms with Crippen LogP contribution in [0.3, 0.4) is 0 Å². The number of alkyl halides is 15. The van der Waals surface area contributed by atoms with Crippen LogP contribution in [-0.2, 0) is 19.1 Å². The lowest BCUT2D eigenvalue weighted by molar-refractivity contribution is -0.453. The van der Waals surface area contributed by atoms with Gasteiger partial charge in [-0.15, -0.1) is 0 Å². The van der Waals surface area contributed by atoms with Crippen molar-refractivity contribution in [1.82, 2.24) is 0 Å². The molecule has 0 saturated carbocycles. The zero-order chi connectivity index (χ0) is 31.2. The lowest BCUT2D eigenvalue weighted by Gasteiger charge is -2.41. The first-order valence-corrected chi connectivity index (χ1v) is 9.91. The van der Waals surface area contributed by atoms with Gasteiger partial charge in [0.15, 0.2) is 6.61 Å². The summed E-state index contributed by atoms with van der Waals surface area (Å²) in [5, 5.41) is 0. The van der Waals surface area contributed by atoms with Gasteiger partial charge in [0.1, 0.15) is 0 Å². The first-order valence-electron chi connectivity index (χ1n) is 9.91. The van der Waals surface area contributed by atoms with Crippen molar-refractivity contribution in [3.05, 3.63) is 0 Å². The van der Waals surface area contributed by atoms with E-state index in [1.807, 2.05) is 0 Å². The lowest BCUT2D eigenvalue weighted by atomic mass is 9.79. The van der Waals surface area contributed by atoms with Crippen molar-refractivity contribution in [3.8, 4) is 0 Å². The monoisotopic (exact) mass is 598 g/mol. The maximum Gasteiger partial charge on any atom is 0.460 e. The Kier molecular flexibility index (Phi) is 9.57. The van der Waals surface area contributed by atoms with Gasteiger partial charge in [-0.25, -0.2) is 0 Å². The molecule has 226 valence electrons. The molecule has 0 aromatic heterocycles. The maximum atomic E-state index is 13.9. The van der Waals surface area contributed by atoms with Gasteiger partial charge in [0.25, 0.3) is 0 Å². The van der Waals surface area contributed by atoms with Crippen LogP contribution in [0, 0.1) is 10.8 Å². The molecule has 4 nitrogen and oxygen atoms in total. The van der Waals surface area contributed by atoms with Gasteiger partial charge < -0.3 is 9.47 Å². The Morgan fingerprint density at radius 3 is 1.18 bits per heavy atom. The maximum absolute atomic E-state index is 13.9. The van der Waals surface area contributed by atoms with Crippen LogP contribution in [0.25, 0.3) is 0 Å². The van der Waals surface area contributed by atoms with Gasteiger partial charge in [-0.2, -0.15) is 65.9 Å². The predicted octanol–water partition coefficient (Wildman–Crippen LogP) is 6.91. The molecule has 0 unspecified atom stereocenters. The third-order valence-corrected chi connectivity index (χ3v) is 5.44. The van der Waals surface area contributed by atoms with Crippen LogP contribution in [0.4, 0.5) is 65.9 Å². The van der Waals surface area contributed by atoms with Crippen molar-refractivity contribution >= 4 is 11.9 Å². The van der Waals surface area contributed by atoms with Crippen molar-refractivity contribution < 1.29 is 84.9 Å². The first-order chi connectivity index (χ1) is 16.3. The van der Waals surface area contributed by atoms with Crippen LogP contribution < -0.4 is 0 Å². The molecule has 0 fully saturated rings. The highest BCUT2D eigenvalue weighted by atomic mass is 19.4. The Hall–Kier alpha value is -2.11. The molecule has 0 aliphatic carbocycles. The molecular formula is C19H21F15O4. The molecule has 0 N–H and O–H groups in total. The highest BCUT2D eigenvalue weighted by Crippen LogP contribution is 2.62. The molecule has 0 radical (unpaired) electrons. The SMILES string of the molecule is COC(=O)C(C)(C)CCC(C)(C)C(=O)OCC(F)(F)C(F)(F)C(F)(F)C(F)(F)C(F)(F)C(F)(F)C(F)(F)F. The predicted molar refractivity (Wildman–Crippen MR) is 95.5 cm³/mol. The van der Waals surface area contributed by atoms with E-state index >= 15 is 0 Å². The van der Waals surface area contributed by atoms with Crippen molar-refractivity contribution in [1.29, 1.82) is 0 Å². The first kappa shape index (κ1) is 35.9. The van der Waals surface area contributed by atoms with Gasteiger partial charge in [0, 0.05) is 0 Å². The summed E-state index contributed by atoms with van der Waals surface area (Å²) in [4.78, 5) is 23.7. The molecule has 0 aliphatic heterocycles. The molecule has 0 heterocycles. The van der Waals surface area contributed by atoms with E-state index in [2.05, 4.69) is 9.47 Å². The largest absolute Gasteiger partial charge is 0.469 e. The zero-order valence-corrected chi connectivity index (χ0v) is 19.9. The van der Waals surface area contributed by atoms with E-state index < -0.39 is 77.5 Å². The Morgan fingerprint density at radius 1 is 0.526 bits per heavy atom. The van der Waals surface area contributed by atoms with E-state index in [9.17, 15) is 75.4 Å². The van der Waals surface area contributed by atoms with Crippen LogP contribution in [-0.4, -0.2) is 67.4 Å². The summed E-state index contributed by atoms with van der Waals surface area (Å²) < 4.78 is 206. The van der Waals surface area contributed by atoms with E-state index in [-0.39, 0.29) is 6.42 Å². The molecule has 0 spiro atoms. The molecule has 19 heteroatoms. The molecule has 0 bridgehead atoms. The van der Waals surface area contributed by atoms with Crippen molar-refractivity contribution in [2.24, 2.45) is 10.8 Å². The number of methoxy groups -OCH3 is 1. The number of ether oxygens (including phenoxy) is 2. The van der Waals surface area contributed by atoms with Gasteiger partial charge in [-0.3, -0.25) is 9.59 Å². The van der Waals surface area contributed by atoms with Gasteiger partial charge >= 0.3 is 53.7 Å². The van der Waals surface area contributed by atoms with Gasteiger partial charge in [-0.1, -0.05) is 0 Å². The van der Waals surface area contributed by atoms with Crippen LogP contribution in [0.15, 0.2) is 0 Å². The summed E-state index contributed by atoms with van der Waals surface area (Å²) in [7, 11) is 0.991. The van der Waals surface area contributed by atoms with E-state index in [4.69, 9.17) is 0 Å². The molecule has 0 atom stereocenters. The average molecular weight is 598 g/mol. The summed E-state index contributed by atoms with van der Waals surface area (Å²) in [6.45, 7) is 1.23. The second-order valence-corrected chi connectivity index (χ2v) is 9.41. The quantitative estimate of drug-likeness (QED) is 0.181. The normalized spacial score (nSPS) is 15.4. The Labute approximate surface area is 204 Å². The minimum absolute atomic E-state index is 0.249. The number of carbonyl (C=O) groups excluding carboxylic acids is 2. The van der Waals surface area contributed by atoms with Crippen molar-refractivity contribution in [2.45, 2.75) is 82.2 Å². The molecule has 0 aliphatic rings. The fourth-order valence-corrected chi connectivity index (χ4v) is 2.55. The van der Waals surface area contributed by atoms with Gasteiger partial charge in [0.2, 0.25) is 0 Å². The topological polar surface area (TPSA) is 52.6 Å². The van der Waals surface area contributed by atoms with Gasteiger partial charge in [-0.05, 0) is 40.5 Å². The highest BCUT2D eigenvalue weighted by Gasteiger charge is 2.93.